The largest absolute Gasteiger partial charge is 0.486 e. The van der Waals surface area contributed by atoms with Gasteiger partial charge in [0.2, 0.25) is 5.95 Å². The first kappa shape index (κ1) is 25.9. The molecule has 1 amide bonds. The van der Waals surface area contributed by atoms with Crippen LogP contribution < -0.4 is 9.64 Å². The highest BCUT2D eigenvalue weighted by atomic mass is 32.2. The lowest BCUT2D eigenvalue weighted by Crippen LogP contribution is -2.69. The number of nitrogens with zero attached hydrogens (tertiary/aromatic N) is 4. The van der Waals surface area contributed by atoms with Gasteiger partial charge in [0.15, 0.2) is 27.2 Å². The molecule has 0 radical (unpaired) electrons. The molecule has 1 aromatic carbocycles. The van der Waals surface area contributed by atoms with Crippen molar-refractivity contribution in [1.29, 1.82) is 0 Å². The summed E-state index contributed by atoms with van der Waals surface area (Å²) in [6, 6.07) is 6.12. The molecule has 2 saturated heterocycles. The van der Waals surface area contributed by atoms with E-state index in [9.17, 15) is 26.4 Å². The van der Waals surface area contributed by atoms with Gasteiger partial charge in [-0.05, 0) is 24.6 Å². The van der Waals surface area contributed by atoms with Gasteiger partial charge in [-0.2, -0.15) is 13.2 Å². The monoisotopic (exact) mass is 530 g/mol. The van der Waals surface area contributed by atoms with Gasteiger partial charge >= 0.3 is 12.3 Å². The first-order valence-corrected chi connectivity index (χ1v) is 12.9. The molecular formula is C22H25F3N4O6S. The molecule has 3 heterocycles. The van der Waals surface area contributed by atoms with E-state index in [1.165, 1.54) is 24.5 Å². The van der Waals surface area contributed by atoms with E-state index in [4.69, 9.17) is 14.2 Å². The van der Waals surface area contributed by atoms with E-state index in [2.05, 4.69) is 9.97 Å². The highest BCUT2D eigenvalue weighted by Gasteiger charge is 2.59. The summed E-state index contributed by atoms with van der Waals surface area (Å²) in [5.41, 5.74) is -1.75. The topological polar surface area (TPSA) is 111 Å². The lowest BCUT2D eigenvalue weighted by Gasteiger charge is -2.49. The molecule has 0 spiro atoms. The smallest absolute Gasteiger partial charge is 0.413 e. The zero-order chi connectivity index (χ0) is 26.1. The van der Waals surface area contributed by atoms with E-state index in [1.807, 2.05) is 0 Å². The second kappa shape index (κ2) is 9.73. The number of anilines is 1. The van der Waals surface area contributed by atoms with Crippen molar-refractivity contribution in [3.8, 4) is 5.75 Å². The van der Waals surface area contributed by atoms with Gasteiger partial charge in [0, 0.05) is 19.3 Å². The molecule has 2 aromatic rings. The summed E-state index contributed by atoms with van der Waals surface area (Å²) in [6.45, 7) is 0.746. The number of benzene rings is 1. The average molecular weight is 531 g/mol. The minimum atomic E-state index is -4.69. The van der Waals surface area contributed by atoms with Crippen LogP contribution in [0.4, 0.5) is 23.9 Å². The summed E-state index contributed by atoms with van der Waals surface area (Å²) in [4.78, 5) is 22.7. The number of aromatic nitrogens is 2. The summed E-state index contributed by atoms with van der Waals surface area (Å²) < 4.78 is 81.3. The fraction of sp³-hybridized carbons (Fsp3) is 0.500. The van der Waals surface area contributed by atoms with Gasteiger partial charge in [0.25, 0.3) is 0 Å². The number of piperazine rings is 1. The van der Waals surface area contributed by atoms with Crippen LogP contribution in [0.2, 0.25) is 0 Å². The molecule has 2 fully saturated rings. The Labute approximate surface area is 205 Å². The Morgan fingerprint density at radius 3 is 2.33 bits per heavy atom. The van der Waals surface area contributed by atoms with Crippen LogP contribution in [0.25, 0.3) is 0 Å². The lowest BCUT2D eigenvalue weighted by molar-refractivity contribution is -0.191. The van der Waals surface area contributed by atoms with Gasteiger partial charge in [-0.15, -0.1) is 0 Å². The summed E-state index contributed by atoms with van der Waals surface area (Å²) >= 11 is 0. The van der Waals surface area contributed by atoms with Crippen molar-refractivity contribution >= 4 is 21.9 Å². The fourth-order valence-electron chi connectivity index (χ4n) is 3.74. The molecule has 4 rings (SSSR count). The molecule has 0 saturated carbocycles. The number of carbonyl (C=O) groups is 1. The minimum Gasteiger partial charge on any atom is -0.486 e. The normalized spacial score (nSPS) is 21.1. The number of ether oxygens (including phenoxy) is 3. The van der Waals surface area contributed by atoms with E-state index in [0.29, 0.717) is 5.56 Å². The zero-order valence-electron chi connectivity index (χ0n) is 19.6. The van der Waals surface area contributed by atoms with Gasteiger partial charge in [-0.25, -0.2) is 23.2 Å². The fourth-order valence-corrected chi connectivity index (χ4v) is 4.38. The number of alkyl halides is 3. The lowest BCUT2D eigenvalue weighted by atomic mass is 9.95. The van der Waals surface area contributed by atoms with E-state index >= 15 is 0 Å². The van der Waals surface area contributed by atoms with Crippen LogP contribution in [-0.2, 0) is 25.9 Å². The highest BCUT2D eigenvalue weighted by Crippen LogP contribution is 2.40. The predicted molar refractivity (Wildman–Crippen MR) is 120 cm³/mol. The van der Waals surface area contributed by atoms with Gasteiger partial charge in [-0.3, -0.25) is 0 Å². The molecule has 36 heavy (non-hydrogen) atoms. The molecule has 1 atom stereocenters. The Morgan fingerprint density at radius 1 is 1.17 bits per heavy atom. The Hall–Kier alpha value is -3.13. The Morgan fingerprint density at radius 2 is 1.81 bits per heavy atom. The van der Waals surface area contributed by atoms with E-state index in [1.54, 1.807) is 12.1 Å². The van der Waals surface area contributed by atoms with Crippen molar-refractivity contribution in [2.24, 2.45) is 0 Å². The van der Waals surface area contributed by atoms with Crippen molar-refractivity contribution in [3.63, 3.8) is 0 Å². The second-order valence-electron chi connectivity index (χ2n) is 8.81. The number of hydrogen-bond donors (Lipinski definition) is 0. The molecule has 0 bridgehead atoms. The molecule has 2 aliphatic heterocycles. The molecule has 10 nitrogen and oxygen atoms in total. The first-order valence-electron chi connectivity index (χ1n) is 11.0. The third kappa shape index (κ3) is 5.48. The molecule has 0 aliphatic carbocycles. The average Bonchev–Trinajstić information content (AvgIpc) is 2.79. The zero-order valence-corrected chi connectivity index (χ0v) is 20.4. The number of carbonyl (C=O) groups excluding carboxylic acids is 1. The van der Waals surface area contributed by atoms with Crippen LogP contribution in [0.3, 0.4) is 0 Å². The van der Waals surface area contributed by atoms with Crippen LogP contribution in [0.15, 0.2) is 41.6 Å². The standard InChI is InChI=1S/C22H25F3N4O6S/c1-21(22(23,24)25)14-28(20(30)35-17-12-33-13-17)7-8-29(21)19-26-9-16(10-27-19)34-11-15-3-5-18(6-4-15)36(2,31)32/h3-6,9-10,17H,7-8,11-14H2,1-2H3/t21-/m1/s1. The highest BCUT2D eigenvalue weighted by molar-refractivity contribution is 7.90. The maximum Gasteiger partial charge on any atom is 0.413 e. The SMILES string of the molecule is C[C@]1(C(F)(F)F)CN(C(=O)OC2COC2)CCN1c1ncc(OCc2ccc(S(C)(=O)=O)cc2)cn1. The second-order valence-corrected chi connectivity index (χ2v) is 10.8. The maximum absolute atomic E-state index is 14.2. The Bertz CT molecular complexity index is 1190. The molecule has 2 aliphatic rings. The van der Waals surface area contributed by atoms with Crippen molar-refractivity contribution < 1.29 is 40.6 Å². The Balaban J connectivity index is 1.43. The van der Waals surface area contributed by atoms with Gasteiger partial charge in [0.05, 0.1) is 37.0 Å². The van der Waals surface area contributed by atoms with Gasteiger partial charge < -0.3 is 24.0 Å². The predicted octanol–water partition coefficient (Wildman–Crippen LogP) is 2.44. The first-order chi connectivity index (χ1) is 16.9. The molecule has 1 aromatic heterocycles. The van der Waals surface area contributed by atoms with Crippen LogP contribution >= 0.6 is 0 Å². The van der Waals surface area contributed by atoms with Crippen molar-refractivity contribution in [2.45, 2.75) is 36.2 Å². The van der Waals surface area contributed by atoms with Crippen LogP contribution in [0, 0.1) is 0 Å². The van der Waals surface area contributed by atoms with Gasteiger partial charge in [-0.1, -0.05) is 12.1 Å². The van der Waals surface area contributed by atoms with Gasteiger partial charge in [0.1, 0.15) is 6.61 Å². The quantitative estimate of drug-likeness (QED) is 0.556. The van der Waals surface area contributed by atoms with Crippen LogP contribution in [0.5, 0.6) is 5.75 Å². The molecule has 196 valence electrons. The van der Waals surface area contributed by atoms with E-state index in [-0.39, 0.29) is 49.5 Å². The number of sulfone groups is 1. The minimum absolute atomic E-state index is 0.00314. The third-order valence-corrected chi connectivity index (χ3v) is 7.17. The van der Waals surface area contributed by atoms with E-state index in [0.717, 1.165) is 23.0 Å². The van der Waals surface area contributed by atoms with Crippen molar-refractivity contribution in [1.82, 2.24) is 14.9 Å². The molecule has 0 unspecified atom stereocenters. The summed E-state index contributed by atoms with van der Waals surface area (Å²) in [5.74, 6) is 0.0738. The third-order valence-electron chi connectivity index (χ3n) is 6.04. The maximum atomic E-state index is 14.2. The summed E-state index contributed by atoms with van der Waals surface area (Å²) in [7, 11) is -3.31. The van der Waals surface area contributed by atoms with Crippen LogP contribution in [-0.4, -0.2) is 86.3 Å². The molecule has 0 N–H and O–H groups in total. The van der Waals surface area contributed by atoms with Crippen molar-refractivity contribution in [3.05, 3.63) is 42.2 Å². The summed E-state index contributed by atoms with van der Waals surface area (Å²) in [5, 5.41) is 0. The number of rotatable bonds is 6. The Kier molecular flexibility index (Phi) is 7.01. The van der Waals surface area contributed by atoms with Crippen molar-refractivity contribution in [2.75, 3.05) is 44.0 Å². The van der Waals surface area contributed by atoms with E-state index < -0.39 is 40.3 Å². The number of hydrogen-bond acceptors (Lipinski definition) is 9. The summed E-state index contributed by atoms with van der Waals surface area (Å²) in [6.07, 6.45) is -2.31. The molecular weight excluding hydrogens is 505 g/mol. The van der Waals surface area contributed by atoms with Crippen LogP contribution in [0.1, 0.15) is 12.5 Å². The molecule has 14 heteroatoms. The number of amides is 1. The number of halogens is 3.